The summed E-state index contributed by atoms with van der Waals surface area (Å²) >= 11 is 0. The monoisotopic (exact) mass is 370 g/mol. The number of fused-ring (bicyclic) bond motifs is 1. The minimum atomic E-state index is -0.418. The third kappa shape index (κ3) is 4.06. The fraction of sp³-hybridized carbons (Fsp3) is 0.286. The van der Waals surface area contributed by atoms with E-state index in [2.05, 4.69) is 7.05 Å². The predicted octanol–water partition coefficient (Wildman–Crippen LogP) is 2.04. The zero-order valence-electron chi connectivity index (χ0n) is 16.0. The molecule has 27 heavy (non-hydrogen) atoms. The minimum Gasteiger partial charge on any atom is -0.508 e. The number of benzene rings is 2. The maximum absolute atomic E-state index is 11.9. The highest BCUT2D eigenvalue weighted by atomic mass is 16.5. The molecule has 1 aromatic heterocycles. The van der Waals surface area contributed by atoms with Gasteiger partial charge in [-0.3, -0.25) is 0 Å². The molecule has 0 aliphatic carbocycles. The molecule has 2 N–H and O–H groups in total. The van der Waals surface area contributed by atoms with Crippen molar-refractivity contribution >= 4 is 11.0 Å². The molecule has 1 heterocycles. The average molecular weight is 370 g/mol. The van der Waals surface area contributed by atoms with E-state index in [1.54, 1.807) is 26.4 Å². The van der Waals surface area contributed by atoms with Crippen LogP contribution in [0.1, 0.15) is 16.7 Å². The molecule has 0 aliphatic heterocycles. The second-order valence-corrected chi connectivity index (χ2v) is 6.72. The Labute approximate surface area is 157 Å². The standard InChI is InChI=1S/C21H23NO5/c1-13-7-19(25-3)20(26-4)8-14(13)11-22(2)12-15-9-21(24)27-18-10-16(23)5-6-17(15)18/h5-10,23H,11-12H2,1-4H3/p+1. The van der Waals surface area contributed by atoms with Crippen molar-refractivity contribution in [2.24, 2.45) is 0 Å². The third-order valence-electron chi connectivity index (χ3n) is 4.64. The maximum atomic E-state index is 11.9. The van der Waals surface area contributed by atoms with Crippen LogP contribution in [0.4, 0.5) is 0 Å². The molecule has 1 atom stereocenters. The second-order valence-electron chi connectivity index (χ2n) is 6.72. The van der Waals surface area contributed by atoms with Gasteiger partial charge in [0.15, 0.2) is 11.5 Å². The molecule has 6 nitrogen and oxygen atoms in total. The Hall–Kier alpha value is -2.99. The number of hydrogen-bond donors (Lipinski definition) is 2. The Morgan fingerprint density at radius 3 is 2.37 bits per heavy atom. The summed E-state index contributed by atoms with van der Waals surface area (Å²) in [4.78, 5) is 13.1. The molecular weight excluding hydrogens is 346 g/mol. The summed E-state index contributed by atoms with van der Waals surface area (Å²) in [6.45, 7) is 3.44. The van der Waals surface area contributed by atoms with Crippen LogP contribution in [0.3, 0.4) is 0 Å². The Morgan fingerprint density at radius 1 is 1.00 bits per heavy atom. The zero-order valence-corrected chi connectivity index (χ0v) is 16.0. The molecule has 0 bridgehead atoms. The van der Waals surface area contributed by atoms with Crippen molar-refractivity contribution in [3.05, 3.63) is 63.5 Å². The lowest BCUT2D eigenvalue weighted by Gasteiger charge is -2.18. The van der Waals surface area contributed by atoms with Gasteiger partial charge in [0.25, 0.3) is 0 Å². The Balaban J connectivity index is 1.88. The van der Waals surface area contributed by atoms with E-state index >= 15 is 0 Å². The van der Waals surface area contributed by atoms with Crippen LogP contribution in [0.25, 0.3) is 11.0 Å². The SMILES string of the molecule is COc1cc(C)c(C[NH+](C)Cc2cc(=O)oc3cc(O)ccc23)cc1OC. The molecule has 0 aliphatic rings. The normalized spacial score (nSPS) is 12.1. The van der Waals surface area contributed by atoms with Gasteiger partial charge >= 0.3 is 5.63 Å². The smallest absolute Gasteiger partial charge is 0.336 e. The molecule has 0 spiro atoms. The lowest BCUT2D eigenvalue weighted by Crippen LogP contribution is -3.06. The number of nitrogens with one attached hydrogen (secondary N) is 1. The number of rotatable bonds is 6. The highest BCUT2D eigenvalue weighted by Gasteiger charge is 2.15. The lowest BCUT2D eigenvalue weighted by atomic mass is 10.1. The number of aryl methyl sites for hydroxylation is 1. The van der Waals surface area contributed by atoms with E-state index in [9.17, 15) is 9.90 Å². The van der Waals surface area contributed by atoms with Crippen molar-refractivity contribution in [3.63, 3.8) is 0 Å². The van der Waals surface area contributed by atoms with Crippen LogP contribution in [0, 0.1) is 6.92 Å². The molecule has 2 aromatic carbocycles. The van der Waals surface area contributed by atoms with Crippen molar-refractivity contribution < 1.29 is 23.9 Å². The first-order valence-electron chi connectivity index (χ1n) is 8.70. The fourth-order valence-electron chi connectivity index (χ4n) is 3.29. The quantitative estimate of drug-likeness (QED) is 0.650. The zero-order chi connectivity index (χ0) is 19.6. The van der Waals surface area contributed by atoms with Crippen LogP contribution in [-0.2, 0) is 13.1 Å². The number of phenolic OH excluding ortho intramolecular Hbond substituents is 1. The molecule has 3 aromatic rings. The number of methoxy groups -OCH3 is 2. The summed E-state index contributed by atoms with van der Waals surface area (Å²) in [5.74, 6) is 1.49. The van der Waals surface area contributed by atoms with Gasteiger partial charge < -0.3 is 23.9 Å². The topological polar surface area (TPSA) is 73.3 Å². The number of hydrogen-bond acceptors (Lipinski definition) is 5. The van der Waals surface area contributed by atoms with Crippen LogP contribution in [0.5, 0.6) is 17.2 Å². The van der Waals surface area contributed by atoms with Gasteiger partial charge in [0, 0.05) is 28.6 Å². The van der Waals surface area contributed by atoms with E-state index in [0.717, 1.165) is 28.6 Å². The summed E-state index contributed by atoms with van der Waals surface area (Å²) in [5.41, 5.74) is 3.13. The molecular formula is C21H24NO5+. The summed E-state index contributed by atoms with van der Waals surface area (Å²) in [6, 6.07) is 10.3. The molecule has 6 heteroatoms. The van der Waals surface area contributed by atoms with Crippen LogP contribution in [0.2, 0.25) is 0 Å². The molecule has 142 valence electrons. The van der Waals surface area contributed by atoms with E-state index in [4.69, 9.17) is 13.9 Å². The third-order valence-corrected chi connectivity index (χ3v) is 4.64. The van der Waals surface area contributed by atoms with Gasteiger partial charge in [-0.25, -0.2) is 4.79 Å². The first-order valence-corrected chi connectivity index (χ1v) is 8.70. The van der Waals surface area contributed by atoms with E-state index in [1.807, 2.05) is 19.1 Å². The van der Waals surface area contributed by atoms with Crippen molar-refractivity contribution in [1.82, 2.24) is 0 Å². The fourth-order valence-corrected chi connectivity index (χ4v) is 3.29. The molecule has 3 rings (SSSR count). The Kier molecular flexibility index (Phi) is 5.37. The summed E-state index contributed by atoms with van der Waals surface area (Å²) < 4.78 is 16.0. The van der Waals surface area contributed by atoms with Gasteiger partial charge in [-0.1, -0.05) is 0 Å². The predicted molar refractivity (Wildman–Crippen MR) is 103 cm³/mol. The number of phenols is 1. The molecule has 1 unspecified atom stereocenters. The van der Waals surface area contributed by atoms with Gasteiger partial charge in [-0.2, -0.15) is 0 Å². The van der Waals surface area contributed by atoms with Crippen LogP contribution in [0.15, 0.2) is 45.6 Å². The number of quaternary nitrogens is 1. The summed E-state index contributed by atoms with van der Waals surface area (Å²) in [6.07, 6.45) is 0. The first kappa shape index (κ1) is 18.8. The molecule has 0 radical (unpaired) electrons. The summed E-state index contributed by atoms with van der Waals surface area (Å²) in [7, 11) is 5.31. The van der Waals surface area contributed by atoms with Crippen molar-refractivity contribution in [2.45, 2.75) is 20.0 Å². The van der Waals surface area contributed by atoms with E-state index < -0.39 is 5.63 Å². The van der Waals surface area contributed by atoms with E-state index in [1.165, 1.54) is 17.0 Å². The van der Waals surface area contributed by atoms with Crippen molar-refractivity contribution in [3.8, 4) is 17.2 Å². The maximum Gasteiger partial charge on any atom is 0.336 e. The minimum absolute atomic E-state index is 0.0736. The van der Waals surface area contributed by atoms with Gasteiger partial charge in [-0.05, 0) is 36.8 Å². The van der Waals surface area contributed by atoms with Gasteiger partial charge in [0.1, 0.15) is 24.4 Å². The van der Waals surface area contributed by atoms with Gasteiger partial charge in [0.2, 0.25) is 0 Å². The van der Waals surface area contributed by atoms with Gasteiger partial charge in [-0.15, -0.1) is 0 Å². The van der Waals surface area contributed by atoms with Gasteiger partial charge in [0.05, 0.1) is 21.3 Å². The molecule has 0 saturated heterocycles. The molecule has 0 amide bonds. The number of ether oxygens (including phenoxy) is 2. The first-order chi connectivity index (χ1) is 12.9. The Bertz CT molecular complexity index is 1020. The Morgan fingerprint density at radius 2 is 1.67 bits per heavy atom. The van der Waals surface area contributed by atoms with E-state index in [-0.39, 0.29) is 5.75 Å². The van der Waals surface area contributed by atoms with Crippen molar-refractivity contribution in [1.29, 1.82) is 0 Å². The van der Waals surface area contributed by atoms with Crippen LogP contribution in [-0.4, -0.2) is 26.4 Å². The lowest BCUT2D eigenvalue weighted by molar-refractivity contribution is -0.907. The molecule has 0 fully saturated rings. The second kappa shape index (κ2) is 7.72. The largest absolute Gasteiger partial charge is 0.508 e. The number of aromatic hydroxyl groups is 1. The average Bonchev–Trinajstić information content (AvgIpc) is 2.62. The highest BCUT2D eigenvalue weighted by molar-refractivity contribution is 5.81. The van der Waals surface area contributed by atoms with E-state index in [0.29, 0.717) is 23.6 Å². The van der Waals surface area contributed by atoms with Crippen LogP contribution < -0.4 is 20.0 Å². The summed E-state index contributed by atoms with van der Waals surface area (Å²) in [5, 5.41) is 10.5. The molecule has 0 saturated carbocycles. The van der Waals surface area contributed by atoms with Crippen LogP contribution >= 0.6 is 0 Å². The van der Waals surface area contributed by atoms with Crippen molar-refractivity contribution in [2.75, 3.05) is 21.3 Å². The highest BCUT2D eigenvalue weighted by Crippen LogP contribution is 2.30.